The number of rotatable bonds is 5. The first-order chi connectivity index (χ1) is 9.61. The molecular weight excluding hydrogens is 253 g/mol. The van der Waals surface area contributed by atoms with E-state index in [1.165, 1.54) is 38.2 Å². The molecule has 0 aliphatic heterocycles. The summed E-state index contributed by atoms with van der Waals surface area (Å²) in [5.74, 6) is 0.289. The van der Waals surface area contributed by atoms with Crippen LogP contribution in [0.25, 0.3) is 0 Å². The molecule has 0 aromatic heterocycles. The van der Waals surface area contributed by atoms with Crippen LogP contribution in [0.2, 0.25) is 0 Å². The molecule has 112 valence electrons. The van der Waals surface area contributed by atoms with E-state index in [2.05, 4.69) is 0 Å². The van der Waals surface area contributed by atoms with Gasteiger partial charge in [0.1, 0.15) is 5.82 Å². The third kappa shape index (κ3) is 3.80. The average Bonchev–Trinajstić information content (AvgIpc) is 2.44. The van der Waals surface area contributed by atoms with Crippen LogP contribution in [-0.2, 0) is 4.74 Å². The second kappa shape index (κ2) is 7.19. The molecule has 1 aromatic rings. The van der Waals surface area contributed by atoms with Gasteiger partial charge in [-0.05, 0) is 55.9 Å². The van der Waals surface area contributed by atoms with E-state index < -0.39 is 0 Å². The van der Waals surface area contributed by atoms with Crippen LogP contribution in [0, 0.1) is 18.7 Å². The fourth-order valence-electron chi connectivity index (χ4n) is 3.33. The number of nitrogens with two attached hydrogens (primary N) is 1. The highest BCUT2D eigenvalue weighted by Crippen LogP contribution is 2.33. The Kier molecular flexibility index (Phi) is 5.55. The highest BCUT2D eigenvalue weighted by atomic mass is 19.1. The minimum atomic E-state index is -0.243. The normalized spacial score (nSPS) is 19.8. The predicted octanol–water partition coefficient (Wildman–Crippen LogP) is 4.12. The van der Waals surface area contributed by atoms with Crippen LogP contribution in [0.1, 0.15) is 56.2 Å². The average molecular weight is 279 g/mol. The van der Waals surface area contributed by atoms with E-state index >= 15 is 0 Å². The molecular formula is C17H26FNO. The van der Waals surface area contributed by atoms with Crippen molar-refractivity contribution in [3.05, 3.63) is 35.1 Å². The topological polar surface area (TPSA) is 35.2 Å². The van der Waals surface area contributed by atoms with Crippen LogP contribution in [-0.4, -0.2) is 12.7 Å². The summed E-state index contributed by atoms with van der Waals surface area (Å²) in [6.45, 7) is 4.55. The van der Waals surface area contributed by atoms with Crippen molar-refractivity contribution in [2.24, 2.45) is 11.7 Å². The Morgan fingerprint density at radius 1 is 1.25 bits per heavy atom. The van der Waals surface area contributed by atoms with Crippen molar-refractivity contribution < 1.29 is 9.13 Å². The summed E-state index contributed by atoms with van der Waals surface area (Å²) in [5, 5.41) is 0. The third-order valence-electron chi connectivity index (χ3n) is 4.28. The molecule has 0 heterocycles. The van der Waals surface area contributed by atoms with E-state index in [9.17, 15) is 4.39 Å². The minimum Gasteiger partial charge on any atom is -0.376 e. The van der Waals surface area contributed by atoms with Gasteiger partial charge < -0.3 is 10.5 Å². The largest absolute Gasteiger partial charge is 0.376 e. The maximum atomic E-state index is 13.6. The maximum Gasteiger partial charge on any atom is 0.123 e. The van der Waals surface area contributed by atoms with Gasteiger partial charge in [-0.2, -0.15) is 0 Å². The summed E-state index contributed by atoms with van der Waals surface area (Å²) in [6.07, 6.45) is 6.16. The zero-order chi connectivity index (χ0) is 14.5. The van der Waals surface area contributed by atoms with Gasteiger partial charge in [-0.25, -0.2) is 4.39 Å². The number of hydrogen-bond donors (Lipinski definition) is 1. The van der Waals surface area contributed by atoms with Gasteiger partial charge in [0.15, 0.2) is 0 Å². The molecule has 0 bridgehead atoms. The SMILES string of the molecule is CCOC(C1CCCCC1)C(N)c1cc(C)cc(F)c1. The molecule has 0 amide bonds. The number of aryl methyl sites for hydroxylation is 1. The van der Waals surface area contributed by atoms with E-state index in [0.717, 1.165) is 11.1 Å². The Balaban J connectivity index is 2.18. The maximum absolute atomic E-state index is 13.6. The number of halogens is 1. The first kappa shape index (κ1) is 15.5. The monoisotopic (exact) mass is 279 g/mol. The molecule has 20 heavy (non-hydrogen) atoms. The molecule has 1 aliphatic carbocycles. The smallest absolute Gasteiger partial charge is 0.123 e. The molecule has 2 N–H and O–H groups in total. The molecule has 1 saturated carbocycles. The minimum absolute atomic E-state index is 0.00139. The van der Waals surface area contributed by atoms with Gasteiger partial charge in [-0.1, -0.05) is 25.3 Å². The van der Waals surface area contributed by atoms with E-state index in [1.54, 1.807) is 6.07 Å². The quantitative estimate of drug-likeness (QED) is 0.880. The van der Waals surface area contributed by atoms with Gasteiger partial charge in [0, 0.05) is 6.61 Å². The van der Waals surface area contributed by atoms with Crippen molar-refractivity contribution in [2.45, 2.75) is 58.1 Å². The molecule has 3 heteroatoms. The molecule has 0 spiro atoms. The van der Waals surface area contributed by atoms with E-state index in [0.29, 0.717) is 12.5 Å². The van der Waals surface area contributed by atoms with E-state index in [-0.39, 0.29) is 18.0 Å². The highest BCUT2D eigenvalue weighted by molar-refractivity contribution is 5.27. The van der Waals surface area contributed by atoms with Gasteiger partial charge in [-0.15, -0.1) is 0 Å². The van der Waals surface area contributed by atoms with Crippen LogP contribution < -0.4 is 5.73 Å². The van der Waals surface area contributed by atoms with Crippen molar-refractivity contribution in [2.75, 3.05) is 6.61 Å². The van der Waals surface area contributed by atoms with E-state index in [4.69, 9.17) is 10.5 Å². The summed E-state index contributed by atoms with van der Waals surface area (Å²) >= 11 is 0. The standard InChI is InChI=1S/C17H26FNO/c1-3-20-17(13-7-5-4-6-8-13)16(19)14-9-12(2)10-15(18)11-14/h9-11,13,16-17H,3-8,19H2,1-2H3. The first-order valence-corrected chi connectivity index (χ1v) is 7.76. The van der Waals surface area contributed by atoms with Gasteiger partial charge in [0.05, 0.1) is 12.1 Å². The molecule has 2 rings (SSSR count). The van der Waals surface area contributed by atoms with Crippen LogP contribution in [0.4, 0.5) is 4.39 Å². The summed E-state index contributed by atoms with van der Waals surface area (Å²) in [6, 6.07) is 4.81. The van der Waals surface area contributed by atoms with Crippen molar-refractivity contribution in [1.29, 1.82) is 0 Å². The van der Waals surface area contributed by atoms with Crippen LogP contribution >= 0.6 is 0 Å². The van der Waals surface area contributed by atoms with Crippen LogP contribution in [0.15, 0.2) is 18.2 Å². The number of benzene rings is 1. The lowest BCUT2D eigenvalue weighted by molar-refractivity contribution is -0.00990. The molecule has 1 aromatic carbocycles. The van der Waals surface area contributed by atoms with Crippen molar-refractivity contribution in [3.63, 3.8) is 0 Å². The summed E-state index contributed by atoms with van der Waals surface area (Å²) in [5.41, 5.74) is 8.17. The Morgan fingerprint density at radius 2 is 1.95 bits per heavy atom. The molecule has 2 atom stereocenters. The molecule has 1 aliphatic rings. The Hall–Kier alpha value is -0.930. The summed E-state index contributed by atoms with van der Waals surface area (Å²) < 4.78 is 19.5. The van der Waals surface area contributed by atoms with Crippen LogP contribution in [0.5, 0.6) is 0 Å². The summed E-state index contributed by atoms with van der Waals surface area (Å²) in [7, 11) is 0. The Morgan fingerprint density at radius 3 is 2.55 bits per heavy atom. The van der Waals surface area contributed by atoms with Crippen LogP contribution in [0.3, 0.4) is 0 Å². The Bertz CT molecular complexity index is 409. The molecule has 0 saturated heterocycles. The zero-order valence-electron chi connectivity index (χ0n) is 12.6. The molecule has 0 radical (unpaired) electrons. The molecule has 1 fully saturated rings. The lowest BCUT2D eigenvalue weighted by atomic mass is 9.81. The predicted molar refractivity (Wildman–Crippen MR) is 80.1 cm³/mol. The second-order valence-electron chi connectivity index (χ2n) is 5.91. The van der Waals surface area contributed by atoms with E-state index in [1.807, 2.05) is 19.9 Å². The van der Waals surface area contributed by atoms with Gasteiger partial charge in [-0.3, -0.25) is 0 Å². The van der Waals surface area contributed by atoms with Crippen molar-refractivity contribution in [3.8, 4) is 0 Å². The fourth-order valence-corrected chi connectivity index (χ4v) is 3.33. The van der Waals surface area contributed by atoms with Crippen molar-refractivity contribution in [1.82, 2.24) is 0 Å². The zero-order valence-corrected chi connectivity index (χ0v) is 12.6. The molecule has 2 nitrogen and oxygen atoms in total. The first-order valence-electron chi connectivity index (χ1n) is 7.76. The van der Waals surface area contributed by atoms with Gasteiger partial charge in [0.25, 0.3) is 0 Å². The summed E-state index contributed by atoms with van der Waals surface area (Å²) in [4.78, 5) is 0. The van der Waals surface area contributed by atoms with Gasteiger partial charge >= 0.3 is 0 Å². The fraction of sp³-hybridized carbons (Fsp3) is 0.647. The second-order valence-corrected chi connectivity index (χ2v) is 5.91. The molecule has 2 unspecified atom stereocenters. The highest BCUT2D eigenvalue weighted by Gasteiger charge is 2.30. The van der Waals surface area contributed by atoms with Gasteiger partial charge in [0.2, 0.25) is 0 Å². The van der Waals surface area contributed by atoms with Crippen molar-refractivity contribution >= 4 is 0 Å². The number of hydrogen-bond acceptors (Lipinski definition) is 2. The Labute approximate surface area is 121 Å². The third-order valence-corrected chi connectivity index (χ3v) is 4.28. The lowest BCUT2D eigenvalue weighted by Crippen LogP contribution is -2.36. The lowest BCUT2D eigenvalue weighted by Gasteiger charge is -2.34. The number of ether oxygens (including phenoxy) is 1.